The second-order valence-corrected chi connectivity index (χ2v) is 10.3. The van der Waals surface area contributed by atoms with E-state index in [-0.39, 0.29) is 54.9 Å². The number of nitrogens with zero attached hydrogens (tertiary/aromatic N) is 6. The van der Waals surface area contributed by atoms with Gasteiger partial charge in [0.2, 0.25) is 0 Å². The number of ether oxygens (including phenoxy) is 1. The summed E-state index contributed by atoms with van der Waals surface area (Å²) in [6.45, 7) is 1.99. The Hall–Kier alpha value is -4.05. The molecule has 8 nitrogen and oxygen atoms in total. The molecule has 0 saturated heterocycles. The largest absolute Gasteiger partial charge is 0.464 e. The summed E-state index contributed by atoms with van der Waals surface area (Å²) in [5, 5.41) is 11.8. The molecule has 1 aromatic heterocycles. The van der Waals surface area contributed by atoms with Gasteiger partial charge in [-0.1, -0.05) is 11.2 Å². The van der Waals surface area contributed by atoms with E-state index in [0.29, 0.717) is 24.1 Å². The van der Waals surface area contributed by atoms with E-state index >= 15 is 0 Å². The molecule has 0 aliphatic carbocycles. The molecule has 1 unspecified atom stereocenters. The van der Waals surface area contributed by atoms with Crippen LogP contribution in [0.2, 0.25) is 0 Å². The number of tetrazole rings is 1. The van der Waals surface area contributed by atoms with Crippen LogP contribution >= 0.6 is 0 Å². The molecule has 0 spiro atoms. The van der Waals surface area contributed by atoms with E-state index in [1.54, 1.807) is 4.90 Å². The lowest BCUT2D eigenvalue weighted by Crippen LogP contribution is -2.31. The molecule has 4 rings (SSSR count). The van der Waals surface area contributed by atoms with Crippen molar-refractivity contribution in [2.24, 2.45) is 7.05 Å². The fourth-order valence-corrected chi connectivity index (χ4v) is 5.19. The van der Waals surface area contributed by atoms with Crippen LogP contribution in [-0.2, 0) is 41.7 Å². The third-order valence-electron chi connectivity index (χ3n) is 7.08. The Bertz CT molecular complexity index is 1470. The lowest BCUT2D eigenvalue weighted by atomic mass is 9.94. The van der Waals surface area contributed by atoms with Gasteiger partial charge in [-0.25, -0.2) is 0 Å². The minimum absolute atomic E-state index is 0.0123. The van der Waals surface area contributed by atoms with Crippen LogP contribution in [0.5, 0.6) is 0 Å². The second-order valence-electron chi connectivity index (χ2n) is 10.3. The third kappa shape index (κ3) is 7.53. The number of alkyl halides is 9. The normalized spacial score (nSPS) is 16.0. The van der Waals surface area contributed by atoms with Gasteiger partial charge in [0.15, 0.2) is 0 Å². The number of carbonyl (C=O) groups excluding carboxylic acids is 1. The molecule has 0 amide bonds. The number of carbonyl (C=O) groups is 1. The summed E-state index contributed by atoms with van der Waals surface area (Å²) < 4.78 is 129. The van der Waals surface area contributed by atoms with Gasteiger partial charge in [-0.15, -0.1) is 5.10 Å². The van der Waals surface area contributed by atoms with Gasteiger partial charge in [0.25, 0.3) is 5.95 Å². The maximum Gasteiger partial charge on any atom is 0.416 e. The Balaban J connectivity index is 1.88. The lowest BCUT2D eigenvalue weighted by molar-refractivity contribution is -0.143. The zero-order chi connectivity index (χ0) is 32.6. The van der Waals surface area contributed by atoms with E-state index in [0.717, 1.165) is 10.9 Å². The number of benzene rings is 2. The maximum absolute atomic E-state index is 14.0. The van der Waals surface area contributed by atoms with Crippen LogP contribution in [0.15, 0.2) is 30.3 Å². The van der Waals surface area contributed by atoms with Crippen molar-refractivity contribution < 1.29 is 49.0 Å². The summed E-state index contributed by atoms with van der Waals surface area (Å²) in [5.74, 6) is -0.739. The molecule has 240 valence electrons. The minimum atomic E-state index is -5.09. The quantitative estimate of drug-likeness (QED) is 0.217. The summed E-state index contributed by atoms with van der Waals surface area (Å²) in [4.78, 5) is 15.3. The maximum atomic E-state index is 14.0. The van der Waals surface area contributed by atoms with Crippen molar-refractivity contribution >= 4 is 17.6 Å². The molecule has 0 saturated carbocycles. The van der Waals surface area contributed by atoms with Gasteiger partial charge >= 0.3 is 24.5 Å². The molecule has 0 bridgehead atoms. The first-order valence-electron chi connectivity index (χ1n) is 13.2. The van der Waals surface area contributed by atoms with Crippen LogP contribution in [0, 0.1) is 6.92 Å². The fraction of sp³-hybridized carbons (Fsp3) is 0.481. The number of aryl methyl sites for hydroxylation is 2. The van der Waals surface area contributed by atoms with Crippen molar-refractivity contribution in [1.82, 2.24) is 20.2 Å². The zero-order valence-electron chi connectivity index (χ0n) is 23.6. The van der Waals surface area contributed by atoms with E-state index < -0.39 is 53.8 Å². The van der Waals surface area contributed by atoms with E-state index in [9.17, 15) is 44.3 Å². The van der Waals surface area contributed by atoms with Gasteiger partial charge in [0, 0.05) is 25.7 Å². The molecular weight excluding hydrogens is 611 g/mol. The zero-order valence-corrected chi connectivity index (χ0v) is 23.6. The van der Waals surface area contributed by atoms with Gasteiger partial charge in [-0.2, -0.15) is 44.3 Å². The summed E-state index contributed by atoms with van der Waals surface area (Å²) >= 11 is 0. The molecule has 17 heteroatoms. The summed E-state index contributed by atoms with van der Waals surface area (Å²) in [6.07, 6.45) is -14.3. The summed E-state index contributed by atoms with van der Waals surface area (Å²) in [7, 11) is 1.40. The average Bonchev–Trinajstić information content (AvgIpc) is 3.25. The Morgan fingerprint density at radius 3 is 2.14 bits per heavy atom. The Morgan fingerprint density at radius 1 is 0.977 bits per heavy atom. The van der Waals surface area contributed by atoms with E-state index in [4.69, 9.17) is 4.74 Å². The molecule has 0 radical (unpaired) electrons. The predicted octanol–water partition coefficient (Wildman–Crippen LogP) is 6.49. The Morgan fingerprint density at radius 2 is 1.61 bits per heavy atom. The highest BCUT2D eigenvalue weighted by Crippen LogP contribution is 2.44. The predicted molar refractivity (Wildman–Crippen MR) is 138 cm³/mol. The molecule has 3 aromatic rings. The number of hydrogen-bond donors (Lipinski definition) is 0. The van der Waals surface area contributed by atoms with Gasteiger partial charge in [0.1, 0.15) is 6.61 Å². The van der Waals surface area contributed by atoms with Crippen LogP contribution in [0.4, 0.5) is 51.1 Å². The highest BCUT2D eigenvalue weighted by Gasteiger charge is 2.39. The van der Waals surface area contributed by atoms with Crippen LogP contribution in [0.3, 0.4) is 0 Å². The van der Waals surface area contributed by atoms with Crippen molar-refractivity contribution in [3.05, 3.63) is 63.7 Å². The molecule has 1 aliphatic heterocycles. The van der Waals surface area contributed by atoms with Gasteiger partial charge < -0.3 is 14.5 Å². The molecule has 1 aliphatic rings. The number of anilines is 2. The van der Waals surface area contributed by atoms with Crippen molar-refractivity contribution in [2.75, 3.05) is 29.5 Å². The first-order chi connectivity index (χ1) is 20.3. The SMILES string of the molecule is CC(=O)OCCN1CCCC(N(Cc2cc(C(F)(F)F)cc(C(F)(F)F)c2)c2nnn(C)n2)c2cc(C)c(C(F)(F)F)cc21. The van der Waals surface area contributed by atoms with Crippen molar-refractivity contribution in [2.45, 2.75) is 57.8 Å². The monoisotopic (exact) mass is 638 g/mol. The van der Waals surface area contributed by atoms with Gasteiger partial charge in [-0.3, -0.25) is 4.79 Å². The molecular formula is C27H27F9N6O2. The molecule has 0 N–H and O–H groups in total. The Labute approximate surface area is 245 Å². The number of fused-ring (bicyclic) bond motifs is 1. The summed E-state index contributed by atoms with van der Waals surface area (Å²) in [6, 6.07) is 2.53. The van der Waals surface area contributed by atoms with Crippen LogP contribution in [-0.4, -0.2) is 45.9 Å². The van der Waals surface area contributed by atoms with E-state index in [2.05, 4.69) is 15.4 Å². The topological polar surface area (TPSA) is 76.4 Å². The van der Waals surface area contributed by atoms with Crippen molar-refractivity contribution in [3.8, 4) is 0 Å². The summed E-state index contributed by atoms with van der Waals surface area (Å²) in [5.41, 5.74) is -4.05. The number of aromatic nitrogens is 4. The van der Waals surface area contributed by atoms with Crippen molar-refractivity contribution in [3.63, 3.8) is 0 Å². The van der Waals surface area contributed by atoms with Crippen LogP contribution in [0.1, 0.15) is 59.2 Å². The molecule has 2 aromatic carbocycles. The smallest absolute Gasteiger partial charge is 0.416 e. The second kappa shape index (κ2) is 12.1. The number of esters is 1. The molecule has 1 atom stereocenters. The highest BCUT2D eigenvalue weighted by atomic mass is 19.4. The Kier molecular flexibility index (Phi) is 9.07. The first-order valence-corrected chi connectivity index (χ1v) is 13.2. The van der Waals surface area contributed by atoms with Crippen LogP contribution < -0.4 is 9.80 Å². The number of halogens is 9. The lowest BCUT2D eigenvalue weighted by Gasteiger charge is -2.33. The van der Waals surface area contributed by atoms with E-state index in [1.807, 2.05) is 0 Å². The number of rotatable bonds is 7. The minimum Gasteiger partial charge on any atom is -0.464 e. The first kappa shape index (κ1) is 32.9. The average molecular weight is 639 g/mol. The highest BCUT2D eigenvalue weighted by molar-refractivity contribution is 5.66. The van der Waals surface area contributed by atoms with Crippen molar-refractivity contribution in [1.29, 1.82) is 0 Å². The third-order valence-corrected chi connectivity index (χ3v) is 7.08. The molecule has 44 heavy (non-hydrogen) atoms. The standard InChI is InChI=1S/C27H27F9N6O2/c1-15-9-20-22(5-4-6-41(7-8-44-16(2)43)23(20)13-21(15)27(34,35)36)42(24-37-39-40(3)38-24)14-17-10-18(25(28,29)30)12-19(11-17)26(31,32)33/h9-13,22H,4-8,14H2,1-3H3. The molecule has 2 heterocycles. The number of hydrogen-bond acceptors (Lipinski definition) is 7. The van der Waals surface area contributed by atoms with Gasteiger partial charge in [0.05, 0.1) is 36.3 Å². The van der Waals surface area contributed by atoms with Gasteiger partial charge in [-0.05, 0) is 65.9 Å². The van der Waals surface area contributed by atoms with Crippen LogP contribution in [0.25, 0.3) is 0 Å². The fourth-order valence-electron chi connectivity index (χ4n) is 5.19. The van der Waals surface area contributed by atoms with E-state index in [1.165, 1.54) is 31.9 Å². The molecule has 0 fully saturated rings.